The fourth-order valence-electron chi connectivity index (χ4n) is 1.84. The first-order valence-electron chi connectivity index (χ1n) is 4.82. The van der Waals surface area contributed by atoms with E-state index in [1.54, 1.807) is 0 Å². The average Bonchev–Trinajstić information content (AvgIpc) is 2.67. The Labute approximate surface area is 96.9 Å². The lowest BCUT2D eigenvalue weighted by Crippen LogP contribution is -2.66. The highest BCUT2D eigenvalue weighted by molar-refractivity contribution is 14.1. The molecular formula is C8H15FIN4. The lowest BCUT2D eigenvalue weighted by atomic mass is 10.0. The van der Waals surface area contributed by atoms with Gasteiger partial charge in [0, 0.05) is 23.6 Å². The normalized spacial score (nSPS) is 45.6. The molecule has 2 heterocycles. The molecule has 4 unspecified atom stereocenters. The third-order valence-electron chi connectivity index (χ3n) is 2.72. The molecule has 2 aliphatic rings. The molecule has 0 bridgehead atoms. The number of piperidine rings is 1. The molecule has 2 aliphatic heterocycles. The first-order valence-corrected chi connectivity index (χ1v) is 6.06. The zero-order chi connectivity index (χ0) is 10.1. The Balaban J connectivity index is 1.98. The highest BCUT2D eigenvalue weighted by Gasteiger charge is 2.40. The lowest BCUT2D eigenvalue weighted by molar-refractivity contribution is 0.0418. The van der Waals surface area contributed by atoms with Crippen molar-refractivity contribution in [3.63, 3.8) is 0 Å². The lowest BCUT2D eigenvalue weighted by Gasteiger charge is -2.39. The molecule has 4 N–H and O–H groups in total. The van der Waals surface area contributed by atoms with Crippen LogP contribution < -0.4 is 16.5 Å². The molecule has 6 heteroatoms. The predicted molar refractivity (Wildman–Crippen MR) is 61.2 cm³/mol. The van der Waals surface area contributed by atoms with Gasteiger partial charge in [0.1, 0.15) is 12.3 Å². The van der Waals surface area contributed by atoms with E-state index >= 15 is 0 Å². The van der Waals surface area contributed by atoms with Crippen molar-refractivity contribution < 1.29 is 4.39 Å². The third-order valence-corrected chi connectivity index (χ3v) is 3.99. The van der Waals surface area contributed by atoms with E-state index in [9.17, 15) is 4.39 Å². The molecule has 0 aromatic carbocycles. The molecule has 0 aliphatic carbocycles. The Morgan fingerprint density at radius 2 is 2.36 bits per heavy atom. The van der Waals surface area contributed by atoms with Gasteiger partial charge in [-0.25, -0.2) is 14.8 Å². The molecule has 2 fully saturated rings. The van der Waals surface area contributed by atoms with Crippen LogP contribution in [0.2, 0.25) is 0 Å². The number of halogens is 2. The number of rotatable bonds is 1. The Morgan fingerprint density at radius 3 is 3.00 bits per heavy atom. The standard InChI is InChI=1S/C8H15FIN4/c9-6-7(11)5(10)4-12-8(6)14-3-1-2-13-14/h2,5-8,12-13H,1,3-4,11H2. The van der Waals surface area contributed by atoms with Gasteiger partial charge in [-0.2, -0.15) is 0 Å². The molecule has 2 rings (SSSR count). The molecule has 0 saturated carbocycles. The fourth-order valence-corrected chi connectivity index (χ4v) is 2.49. The zero-order valence-corrected chi connectivity index (χ0v) is 9.95. The van der Waals surface area contributed by atoms with Crippen LogP contribution in [-0.4, -0.2) is 40.4 Å². The van der Waals surface area contributed by atoms with E-state index in [-0.39, 0.29) is 16.1 Å². The quantitative estimate of drug-likeness (QED) is 0.462. The molecular weight excluding hydrogens is 298 g/mol. The summed E-state index contributed by atoms with van der Waals surface area (Å²) in [4.78, 5) is 0. The predicted octanol–water partition coefficient (Wildman–Crippen LogP) is -0.243. The van der Waals surface area contributed by atoms with Gasteiger partial charge in [0.2, 0.25) is 0 Å². The van der Waals surface area contributed by atoms with Gasteiger partial charge >= 0.3 is 0 Å². The van der Waals surface area contributed by atoms with Gasteiger partial charge < -0.3 is 5.73 Å². The highest BCUT2D eigenvalue weighted by Crippen LogP contribution is 2.21. The molecule has 0 amide bonds. The number of hydrogen-bond acceptors (Lipinski definition) is 4. The molecule has 81 valence electrons. The Kier molecular flexibility index (Phi) is 3.59. The summed E-state index contributed by atoms with van der Waals surface area (Å²) in [7, 11) is 0. The smallest absolute Gasteiger partial charge is 0.146 e. The van der Waals surface area contributed by atoms with Crippen molar-refractivity contribution in [2.75, 3.05) is 13.1 Å². The van der Waals surface area contributed by atoms with Crippen molar-refractivity contribution in [2.24, 2.45) is 5.73 Å². The number of hydrazine groups is 1. The maximum atomic E-state index is 13.9. The van der Waals surface area contributed by atoms with Crippen molar-refractivity contribution in [3.05, 3.63) is 6.54 Å². The van der Waals surface area contributed by atoms with Gasteiger partial charge in [0.15, 0.2) is 0 Å². The van der Waals surface area contributed by atoms with Crippen LogP contribution in [0, 0.1) is 6.54 Å². The number of hydrogen-bond donors (Lipinski definition) is 3. The molecule has 2 saturated heterocycles. The van der Waals surface area contributed by atoms with Crippen molar-refractivity contribution in [2.45, 2.75) is 28.7 Å². The molecule has 1 radical (unpaired) electrons. The Bertz CT molecular complexity index is 200. The van der Waals surface area contributed by atoms with Crippen LogP contribution in [0.5, 0.6) is 0 Å². The zero-order valence-electron chi connectivity index (χ0n) is 7.79. The van der Waals surface area contributed by atoms with E-state index in [0.717, 1.165) is 19.5 Å². The summed E-state index contributed by atoms with van der Waals surface area (Å²) < 4.78 is 14.0. The Hall–Kier alpha value is 0.500. The topological polar surface area (TPSA) is 53.3 Å². The van der Waals surface area contributed by atoms with Crippen molar-refractivity contribution >= 4 is 22.6 Å². The number of nitrogens with two attached hydrogens (primary N) is 1. The summed E-state index contributed by atoms with van der Waals surface area (Å²) in [6.07, 6.45) is -0.340. The fraction of sp³-hybridized carbons (Fsp3) is 0.875. The van der Waals surface area contributed by atoms with Crippen LogP contribution in [0.3, 0.4) is 0 Å². The number of alkyl halides is 2. The van der Waals surface area contributed by atoms with E-state index in [1.165, 1.54) is 0 Å². The van der Waals surface area contributed by atoms with Crippen LogP contribution >= 0.6 is 22.6 Å². The van der Waals surface area contributed by atoms with Crippen LogP contribution in [0.4, 0.5) is 4.39 Å². The van der Waals surface area contributed by atoms with Crippen LogP contribution in [0.15, 0.2) is 0 Å². The van der Waals surface area contributed by atoms with Crippen LogP contribution in [0.25, 0.3) is 0 Å². The maximum absolute atomic E-state index is 13.9. The first-order chi connectivity index (χ1) is 6.70. The molecule has 0 spiro atoms. The average molecular weight is 313 g/mol. The summed E-state index contributed by atoms with van der Waals surface area (Å²) >= 11 is 2.20. The number of nitrogens with one attached hydrogen (secondary N) is 2. The monoisotopic (exact) mass is 313 g/mol. The second-order valence-corrected chi connectivity index (χ2v) is 5.31. The van der Waals surface area contributed by atoms with E-state index in [1.807, 2.05) is 11.6 Å². The van der Waals surface area contributed by atoms with Crippen LogP contribution in [0.1, 0.15) is 6.42 Å². The van der Waals surface area contributed by atoms with Crippen molar-refractivity contribution in [3.8, 4) is 0 Å². The highest BCUT2D eigenvalue weighted by atomic mass is 127. The van der Waals surface area contributed by atoms with Crippen LogP contribution in [-0.2, 0) is 0 Å². The van der Waals surface area contributed by atoms with E-state index in [2.05, 4.69) is 33.3 Å². The summed E-state index contributed by atoms with van der Waals surface area (Å²) in [6, 6.07) is -0.371. The van der Waals surface area contributed by atoms with Gasteiger partial charge in [0.25, 0.3) is 0 Å². The summed E-state index contributed by atoms with van der Waals surface area (Å²) in [5.41, 5.74) is 8.83. The maximum Gasteiger partial charge on any atom is 0.146 e. The van der Waals surface area contributed by atoms with Crippen molar-refractivity contribution in [1.29, 1.82) is 0 Å². The van der Waals surface area contributed by atoms with Gasteiger partial charge in [-0.15, -0.1) is 0 Å². The summed E-state index contributed by atoms with van der Waals surface area (Å²) in [6.45, 7) is 3.55. The van der Waals surface area contributed by atoms with E-state index in [4.69, 9.17) is 5.73 Å². The minimum atomic E-state index is -1.01. The molecule has 14 heavy (non-hydrogen) atoms. The molecule has 4 atom stereocenters. The van der Waals surface area contributed by atoms with Gasteiger partial charge in [-0.3, -0.25) is 5.32 Å². The second-order valence-electron chi connectivity index (χ2n) is 3.71. The Morgan fingerprint density at radius 1 is 1.57 bits per heavy atom. The van der Waals surface area contributed by atoms with E-state index < -0.39 is 6.17 Å². The summed E-state index contributed by atoms with van der Waals surface area (Å²) in [5.74, 6) is 0. The first kappa shape index (κ1) is 11.0. The van der Waals surface area contributed by atoms with Gasteiger partial charge in [-0.1, -0.05) is 22.6 Å². The second kappa shape index (κ2) is 4.56. The SMILES string of the molecule is NC1C(I)CNC(N2CC[CH]N2)C1F. The summed E-state index contributed by atoms with van der Waals surface area (Å²) in [5, 5.41) is 5.05. The van der Waals surface area contributed by atoms with E-state index in [0.29, 0.717) is 0 Å². The van der Waals surface area contributed by atoms with Gasteiger partial charge in [-0.05, 0) is 6.42 Å². The van der Waals surface area contributed by atoms with Crippen molar-refractivity contribution in [1.82, 2.24) is 15.8 Å². The minimum Gasteiger partial charge on any atom is -0.324 e. The minimum absolute atomic E-state index is 0.172. The molecule has 0 aromatic heterocycles. The number of nitrogens with zero attached hydrogens (tertiary/aromatic N) is 1. The molecule has 4 nitrogen and oxygen atoms in total. The third kappa shape index (κ3) is 2.04. The molecule has 0 aromatic rings. The van der Waals surface area contributed by atoms with Gasteiger partial charge in [0.05, 0.1) is 6.04 Å². The largest absolute Gasteiger partial charge is 0.324 e.